The van der Waals surface area contributed by atoms with Gasteiger partial charge in [-0.15, -0.1) is 0 Å². The maximum atomic E-state index is 5.79. The molecular formula is C27H32N2. The first-order valence-corrected chi connectivity index (χ1v) is 11.0. The SMILES string of the molecule is CCCCc1ccc2[nH]c(-c3ccc(C)c4ccccc34)c(CCCCN)c2c1. The smallest absolute Gasteiger partial charge is 0.0503 e. The van der Waals surface area contributed by atoms with Crippen LogP contribution >= 0.6 is 0 Å². The molecule has 0 saturated carbocycles. The molecule has 2 nitrogen and oxygen atoms in total. The number of aromatic amines is 1. The third-order valence-electron chi connectivity index (χ3n) is 6.08. The number of aromatic nitrogens is 1. The number of unbranched alkanes of at least 4 members (excludes halogenated alkanes) is 2. The summed E-state index contributed by atoms with van der Waals surface area (Å²) in [6, 6.07) is 20.3. The molecule has 0 radical (unpaired) electrons. The van der Waals surface area contributed by atoms with Crippen molar-refractivity contribution < 1.29 is 0 Å². The van der Waals surface area contributed by atoms with Gasteiger partial charge in [-0.3, -0.25) is 0 Å². The van der Waals surface area contributed by atoms with Gasteiger partial charge in [0, 0.05) is 16.5 Å². The number of hydrogen-bond donors (Lipinski definition) is 2. The number of rotatable bonds is 8. The first kappa shape index (κ1) is 19.7. The second-order valence-electron chi connectivity index (χ2n) is 8.18. The van der Waals surface area contributed by atoms with Gasteiger partial charge in [-0.05, 0) is 85.2 Å². The molecule has 29 heavy (non-hydrogen) atoms. The van der Waals surface area contributed by atoms with Crippen molar-refractivity contribution in [3.63, 3.8) is 0 Å². The molecular weight excluding hydrogens is 352 g/mol. The quantitative estimate of drug-likeness (QED) is 0.318. The van der Waals surface area contributed by atoms with E-state index in [0.29, 0.717) is 0 Å². The van der Waals surface area contributed by atoms with Crippen LogP contribution in [0.4, 0.5) is 0 Å². The summed E-state index contributed by atoms with van der Waals surface area (Å²) < 4.78 is 0. The number of fused-ring (bicyclic) bond motifs is 2. The van der Waals surface area contributed by atoms with Crippen LogP contribution in [0.15, 0.2) is 54.6 Å². The largest absolute Gasteiger partial charge is 0.354 e. The molecule has 0 unspecified atom stereocenters. The van der Waals surface area contributed by atoms with Gasteiger partial charge in [-0.1, -0.05) is 55.8 Å². The Bertz CT molecular complexity index is 1120. The van der Waals surface area contributed by atoms with Crippen LogP contribution in [0.25, 0.3) is 32.9 Å². The normalized spacial score (nSPS) is 11.6. The van der Waals surface area contributed by atoms with Gasteiger partial charge in [0.05, 0.1) is 5.69 Å². The average Bonchev–Trinajstić information content (AvgIpc) is 3.10. The molecule has 4 rings (SSSR count). The molecule has 4 aromatic rings. The third kappa shape index (κ3) is 3.95. The second kappa shape index (κ2) is 8.84. The van der Waals surface area contributed by atoms with E-state index in [0.717, 1.165) is 32.2 Å². The number of nitrogens with two attached hydrogens (primary N) is 1. The molecule has 1 heterocycles. The van der Waals surface area contributed by atoms with Crippen molar-refractivity contribution in [2.24, 2.45) is 5.73 Å². The minimum absolute atomic E-state index is 0.757. The van der Waals surface area contributed by atoms with Gasteiger partial charge in [0.2, 0.25) is 0 Å². The number of H-pyrrole nitrogens is 1. The Hall–Kier alpha value is -2.58. The molecule has 1 aromatic heterocycles. The van der Waals surface area contributed by atoms with Gasteiger partial charge in [0.15, 0.2) is 0 Å². The third-order valence-corrected chi connectivity index (χ3v) is 6.08. The maximum Gasteiger partial charge on any atom is 0.0503 e. The molecule has 3 aromatic carbocycles. The molecule has 0 aliphatic rings. The van der Waals surface area contributed by atoms with Crippen molar-refractivity contribution in [1.29, 1.82) is 0 Å². The summed E-state index contributed by atoms with van der Waals surface area (Å²) in [5.74, 6) is 0. The van der Waals surface area contributed by atoms with Crippen molar-refractivity contribution in [3.05, 3.63) is 71.3 Å². The van der Waals surface area contributed by atoms with Crippen molar-refractivity contribution in [3.8, 4) is 11.3 Å². The zero-order chi connectivity index (χ0) is 20.2. The summed E-state index contributed by atoms with van der Waals surface area (Å²) in [5, 5.41) is 4.04. The van der Waals surface area contributed by atoms with E-state index in [4.69, 9.17) is 5.73 Å². The van der Waals surface area contributed by atoms with Gasteiger partial charge < -0.3 is 10.7 Å². The highest BCUT2D eigenvalue weighted by Crippen LogP contribution is 2.37. The predicted molar refractivity (Wildman–Crippen MR) is 127 cm³/mol. The predicted octanol–water partition coefficient (Wildman–Crippen LogP) is 6.92. The Morgan fingerprint density at radius 2 is 1.66 bits per heavy atom. The van der Waals surface area contributed by atoms with Gasteiger partial charge in [0.1, 0.15) is 0 Å². The average molecular weight is 385 g/mol. The lowest BCUT2D eigenvalue weighted by Gasteiger charge is -2.11. The fraction of sp³-hybridized carbons (Fsp3) is 0.333. The van der Waals surface area contributed by atoms with Crippen molar-refractivity contribution >= 4 is 21.7 Å². The Balaban J connectivity index is 1.89. The van der Waals surface area contributed by atoms with Crippen LogP contribution in [0.1, 0.15) is 49.3 Å². The molecule has 0 aliphatic heterocycles. The summed E-state index contributed by atoms with van der Waals surface area (Å²) in [6.07, 6.45) is 6.88. The van der Waals surface area contributed by atoms with Crippen molar-refractivity contribution in [2.75, 3.05) is 6.54 Å². The molecule has 2 heteroatoms. The first-order valence-electron chi connectivity index (χ1n) is 11.0. The van der Waals surface area contributed by atoms with Gasteiger partial charge in [0.25, 0.3) is 0 Å². The van der Waals surface area contributed by atoms with E-state index in [1.165, 1.54) is 62.5 Å². The van der Waals surface area contributed by atoms with Crippen LogP contribution in [-0.2, 0) is 12.8 Å². The number of aryl methyl sites for hydroxylation is 3. The molecule has 0 saturated heterocycles. The van der Waals surface area contributed by atoms with Crippen LogP contribution in [-0.4, -0.2) is 11.5 Å². The molecule has 0 atom stereocenters. The number of nitrogens with one attached hydrogen (secondary N) is 1. The lowest BCUT2D eigenvalue weighted by atomic mass is 9.94. The zero-order valence-corrected chi connectivity index (χ0v) is 17.7. The second-order valence-corrected chi connectivity index (χ2v) is 8.18. The number of hydrogen-bond acceptors (Lipinski definition) is 1. The molecule has 0 spiro atoms. The summed E-state index contributed by atoms with van der Waals surface area (Å²) >= 11 is 0. The van der Waals surface area contributed by atoms with E-state index in [-0.39, 0.29) is 0 Å². The Kier molecular flexibility index (Phi) is 6.01. The molecule has 0 bridgehead atoms. The Morgan fingerprint density at radius 1 is 0.828 bits per heavy atom. The van der Waals surface area contributed by atoms with Gasteiger partial charge >= 0.3 is 0 Å². The maximum absolute atomic E-state index is 5.79. The van der Waals surface area contributed by atoms with E-state index >= 15 is 0 Å². The summed E-state index contributed by atoms with van der Waals surface area (Å²) in [6.45, 7) is 5.21. The minimum atomic E-state index is 0.757. The molecule has 0 fully saturated rings. The molecule has 150 valence electrons. The summed E-state index contributed by atoms with van der Waals surface area (Å²) in [7, 11) is 0. The van der Waals surface area contributed by atoms with Crippen LogP contribution in [0.3, 0.4) is 0 Å². The highest BCUT2D eigenvalue weighted by atomic mass is 14.7. The highest BCUT2D eigenvalue weighted by molar-refractivity contribution is 6.02. The van der Waals surface area contributed by atoms with Crippen molar-refractivity contribution in [1.82, 2.24) is 4.98 Å². The molecule has 0 amide bonds. The first-order chi connectivity index (χ1) is 14.2. The zero-order valence-electron chi connectivity index (χ0n) is 17.7. The molecule has 0 aliphatic carbocycles. The Morgan fingerprint density at radius 3 is 2.45 bits per heavy atom. The van der Waals surface area contributed by atoms with E-state index in [9.17, 15) is 0 Å². The standard InChI is InChI=1S/C27H32N2/c1-3-4-9-20-14-16-26-25(18-20)23(12-7-8-17-28)27(29-26)24-15-13-19(2)21-10-5-6-11-22(21)24/h5-6,10-11,13-16,18,29H,3-4,7-9,12,17,28H2,1-2H3. The fourth-order valence-electron chi connectivity index (χ4n) is 4.43. The van der Waals surface area contributed by atoms with E-state index in [1.54, 1.807) is 0 Å². The fourth-order valence-corrected chi connectivity index (χ4v) is 4.43. The number of benzene rings is 3. The van der Waals surface area contributed by atoms with Crippen LogP contribution in [0.2, 0.25) is 0 Å². The van der Waals surface area contributed by atoms with Crippen molar-refractivity contribution in [2.45, 2.75) is 52.4 Å². The van der Waals surface area contributed by atoms with Crippen LogP contribution in [0.5, 0.6) is 0 Å². The highest BCUT2D eigenvalue weighted by Gasteiger charge is 2.16. The Labute approximate surface area is 174 Å². The summed E-state index contributed by atoms with van der Waals surface area (Å²) in [4.78, 5) is 3.77. The monoisotopic (exact) mass is 384 g/mol. The van der Waals surface area contributed by atoms with Crippen LogP contribution < -0.4 is 5.73 Å². The lowest BCUT2D eigenvalue weighted by Crippen LogP contribution is -1.99. The van der Waals surface area contributed by atoms with Crippen LogP contribution in [0, 0.1) is 6.92 Å². The van der Waals surface area contributed by atoms with Gasteiger partial charge in [-0.25, -0.2) is 0 Å². The lowest BCUT2D eigenvalue weighted by molar-refractivity contribution is 0.748. The van der Waals surface area contributed by atoms with E-state index < -0.39 is 0 Å². The minimum Gasteiger partial charge on any atom is -0.354 e. The van der Waals surface area contributed by atoms with Gasteiger partial charge in [-0.2, -0.15) is 0 Å². The molecule has 3 N–H and O–H groups in total. The topological polar surface area (TPSA) is 41.8 Å². The van der Waals surface area contributed by atoms with E-state index in [2.05, 4.69) is 73.4 Å². The van der Waals surface area contributed by atoms with E-state index in [1.807, 2.05) is 0 Å². The summed E-state index contributed by atoms with van der Waals surface area (Å²) in [5.41, 5.74) is 13.8.